The minimum absolute atomic E-state index is 0.750. The van der Waals surface area contributed by atoms with Crippen molar-refractivity contribution in [1.29, 1.82) is 0 Å². The second-order valence-corrected chi connectivity index (χ2v) is 5.44. The highest BCUT2D eigenvalue weighted by molar-refractivity contribution is 7.98. The predicted octanol–water partition coefficient (Wildman–Crippen LogP) is 3.11. The fourth-order valence-corrected chi connectivity index (χ4v) is 2.79. The van der Waals surface area contributed by atoms with Crippen LogP contribution in [0.2, 0.25) is 0 Å². The highest BCUT2D eigenvalue weighted by Crippen LogP contribution is 2.21. The molecule has 3 rings (SSSR count). The Labute approximate surface area is 123 Å². The third-order valence-corrected chi connectivity index (χ3v) is 3.78. The van der Waals surface area contributed by atoms with Crippen molar-refractivity contribution < 1.29 is 4.74 Å². The van der Waals surface area contributed by atoms with Crippen LogP contribution >= 0.6 is 11.9 Å². The van der Waals surface area contributed by atoms with Crippen LogP contribution in [0.3, 0.4) is 0 Å². The molecule has 2 heterocycles. The Morgan fingerprint density at radius 3 is 2.95 bits per heavy atom. The Morgan fingerprint density at radius 2 is 2.15 bits per heavy atom. The number of hydrogen-bond donors (Lipinski definition) is 0. The first-order valence-corrected chi connectivity index (χ1v) is 7.77. The number of nitrogens with zero attached hydrogens (tertiary/aromatic N) is 3. The van der Waals surface area contributed by atoms with Gasteiger partial charge in [0.25, 0.3) is 0 Å². The Kier molecular flexibility index (Phi) is 4.06. The van der Waals surface area contributed by atoms with E-state index >= 15 is 0 Å². The summed E-state index contributed by atoms with van der Waals surface area (Å²) in [5.74, 6) is 2.87. The van der Waals surface area contributed by atoms with Crippen molar-refractivity contribution in [1.82, 2.24) is 4.90 Å². The molecule has 0 radical (unpaired) electrons. The lowest BCUT2D eigenvalue weighted by molar-refractivity contribution is 0.317. The van der Waals surface area contributed by atoms with Gasteiger partial charge in [0.2, 0.25) is 0 Å². The Morgan fingerprint density at radius 1 is 1.30 bits per heavy atom. The predicted molar refractivity (Wildman–Crippen MR) is 84.5 cm³/mol. The van der Waals surface area contributed by atoms with Crippen molar-refractivity contribution in [3.63, 3.8) is 0 Å². The average Bonchev–Trinajstić information content (AvgIpc) is 2.53. The molecule has 0 saturated heterocycles. The molecular formula is C15H17N3OS. The molecule has 1 aromatic rings. The molecule has 0 aliphatic carbocycles. The van der Waals surface area contributed by atoms with E-state index in [4.69, 9.17) is 4.74 Å². The number of rotatable bonds is 4. The van der Waals surface area contributed by atoms with Gasteiger partial charge in [0, 0.05) is 30.3 Å². The Balaban J connectivity index is 1.83. The number of benzene rings is 1. The number of hydrogen-bond acceptors (Lipinski definition) is 5. The van der Waals surface area contributed by atoms with Crippen LogP contribution in [0.5, 0.6) is 5.75 Å². The molecule has 104 valence electrons. The molecule has 0 unspecified atom stereocenters. The van der Waals surface area contributed by atoms with Gasteiger partial charge >= 0.3 is 0 Å². The van der Waals surface area contributed by atoms with Crippen molar-refractivity contribution in [2.45, 2.75) is 13.3 Å². The van der Waals surface area contributed by atoms with Gasteiger partial charge in [0.15, 0.2) is 5.84 Å². The lowest BCUT2D eigenvalue weighted by atomic mass is 10.1. The molecule has 0 atom stereocenters. The van der Waals surface area contributed by atoms with Crippen LogP contribution in [0, 0.1) is 0 Å². The first-order chi connectivity index (χ1) is 9.88. The first kappa shape index (κ1) is 13.2. The third-order valence-electron chi connectivity index (χ3n) is 3.11. The van der Waals surface area contributed by atoms with E-state index in [0.29, 0.717) is 0 Å². The van der Waals surface area contributed by atoms with Crippen LogP contribution in [-0.4, -0.2) is 35.4 Å². The fourth-order valence-electron chi connectivity index (χ4n) is 2.11. The molecule has 1 aromatic carbocycles. The highest BCUT2D eigenvalue weighted by Gasteiger charge is 2.22. The summed E-state index contributed by atoms with van der Waals surface area (Å²) >= 11 is 1.60. The monoisotopic (exact) mass is 287 g/mol. The van der Waals surface area contributed by atoms with Gasteiger partial charge in [0.1, 0.15) is 11.5 Å². The standard InChI is InChI=1S/C15H17N3OS/c1-2-10-19-13-5-3-12(4-6-13)14-15-17-20-11-9-18(15)8-7-16-14/h3-8H,2,9-11H2,1H3. The number of ether oxygens (including phenoxy) is 1. The zero-order valence-corrected chi connectivity index (χ0v) is 12.3. The highest BCUT2D eigenvalue weighted by atomic mass is 32.2. The lowest BCUT2D eigenvalue weighted by Crippen LogP contribution is -2.38. The smallest absolute Gasteiger partial charge is 0.167 e. The second kappa shape index (κ2) is 6.13. The number of aliphatic imine (C=N–C) groups is 1. The van der Waals surface area contributed by atoms with Crippen molar-refractivity contribution >= 4 is 23.5 Å². The van der Waals surface area contributed by atoms with E-state index in [1.807, 2.05) is 36.7 Å². The van der Waals surface area contributed by atoms with Gasteiger partial charge in [-0.3, -0.25) is 4.99 Å². The Hall–Kier alpha value is -1.75. The van der Waals surface area contributed by atoms with E-state index in [1.165, 1.54) is 0 Å². The maximum Gasteiger partial charge on any atom is 0.167 e. The van der Waals surface area contributed by atoms with E-state index in [9.17, 15) is 0 Å². The second-order valence-electron chi connectivity index (χ2n) is 4.59. The largest absolute Gasteiger partial charge is 0.494 e. The number of amidine groups is 1. The van der Waals surface area contributed by atoms with E-state index in [-0.39, 0.29) is 0 Å². The summed E-state index contributed by atoms with van der Waals surface area (Å²) in [7, 11) is 0. The van der Waals surface area contributed by atoms with Gasteiger partial charge in [-0.15, -0.1) is 0 Å². The van der Waals surface area contributed by atoms with Crippen LogP contribution < -0.4 is 4.74 Å². The minimum atomic E-state index is 0.750. The van der Waals surface area contributed by atoms with Gasteiger partial charge in [-0.2, -0.15) is 4.40 Å². The van der Waals surface area contributed by atoms with Gasteiger partial charge in [-0.1, -0.05) is 6.92 Å². The molecule has 0 bridgehead atoms. The third kappa shape index (κ3) is 2.72. The number of fused-ring (bicyclic) bond motifs is 1. The average molecular weight is 287 g/mol. The minimum Gasteiger partial charge on any atom is -0.494 e. The van der Waals surface area contributed by atoms with Gasteiger partial charge in [-0.25, -0.2) is 0 Å². The molecule has 0 N–H and O–H groups in total. The fraction of sp³-hybridized carbons (Fsp3) is 0.333. The molecule has 5 heteroatoms. The van der Waals surface area contributed by atoms with Crippen LogP contribution in [0.1, 0.15) is 18.9 Å². The molecule has 0 fully saturated rings. The first-order valence-electron chi connectivity index (χ1n) is 6.83. The molecular weight excluding hydrogens is 270 g/mol. The maximum absolute atomic E-state index is 5.61. The maximum atomic E-state index is 5.61. The van der Waals surface area contributed by atoms with Crippen LogP contribution in [-0.2, 0) is 0 Å². The molecule has 2 aliphatic heterocycles. The SMILES string of the molecule is CCCOc1ccc(C2=NC=CN3CCSN=C23)cc1. The molecule has 4 nitrogen and oxygen atoms in total. The molecule has 0 spiro atoms. The van der Waals surface area contributed by atoms with Gasteiger partial charge < -0.3 is 9.64 Å². The summed E-state index contributed by atoms with van der Waals surface area (Å²) in [6, 6.07) is 8.07. The van der Waals surface area contributed by atoms with Crippen molar-refractivity contribution in [3.05, 3.63) is 42.2 Å². The van der Waals surface area contributed by atoms with Crippen LogP contribution in [0.4, 0.5) is 0 Å². The van der Waals surface area contributed by atoms with Crippen LogP contribution in [0.15, 0.2) is 46.1 Å². The van der Waals surface area contributed by atoms with Crippen molar-refractivity contribution in [2.75, 3.05) is 18.9 Å². The summed E-state index contributed by atoms with van der Waals surface area (Å²) < 4.78 is 10.1. The van der Waals surface area contributed by atoms with Crippen molar-refractivity contribution in [3.8, 4) is 5.75 Å². The molecule has 0 aromatic heterocycles. The van der Waals surface area contributed by atoms with E-state index in [1.54, 1.807) is 11.9 Å². The van der Waals surface area contributed by atoms with Gasteiger partial charge in [-0.05, 0) is 42.6 Å². The van der Waals surface area contributed by atoms with Crippen molar-refractivity contribution in [2.24, 2.45) is 9.39 Å². The summed E-state index contributed by atoms with van der Waals surface area (Å²) in [6.45, 7) is 3.84. The van der Waals surface area contributed by atoms with Gasteiger partial charge in [0.05, 0.1) is 6.61 Å². The topological polar surface area (TPSA) is 37.2 Å². The Bertz CT molecular complexity index is 563. The summed E-state index contributed by atoms with van der Waals surface area (Å²) in [4.78, 5) is 6.64. The normalized spacial score (nSPS) is 17.4. The van der Waals surface area contributed by atoms with E-state index < -0.39 is 0 Å². The molecule has 20 heavy (non-hydrogen) atoms. The molecule has 0 saturated carbocycles. The summed E-state index contributed by atoms with van der Waals surface area (Å²) in [5.41, 5.74) is 2.01. The zero-order chi connectivity index (χ0) is 13.8. The molecule has 0 amide bonds. The van der Waals surface area contributed by atoms with Crippen LogP contribution in [0.25, 0.3) is 0 Å². The summed E-state index contributed by atoms with van der Waals surface area (Å²) in [5, 5.41) is 0. The lowest BCUT2D eigenvalue weighted by Gasteiger charge is -2.28. The zero-order valence-electron chi connectivity index (χ0n) is 11.5. The van der Waals surface area contributed by atoms with E-state index in [2.05, 4.69) is 21.2 Å². The quantitative estimate of drug-likeness (QED) is 0.798. The molecule has 2 aliphatic rings. The van der Waals surface area contributed by atoms with E-state index in [0.717, 1.165) is 48.2 Å². The summed E-state index contributed by atoms with van der Waals surface area (Å²) in [6.07, 6.45) is 4.84.